The average molecular weight is 1560 g/mol. The van der Waals surface area contributed by atoms with Crippen molar-refractivity contribution in [2.75, 3.05) is 100.0 Å². The SMILES string of the molecule is Cc1cccc2cccc(-c3cnc4c(N5CC6CCC(C5)N6)nc(OCC56CCCN5C(c5ccc(C)c7c(-c8ccc9c(N%10CC%11CCC(C%10)N%11)nc(OCC%10%11CCCN%10C(c%10ccc(C)c%12c(-c%13ncc%14c(N%15CC%16CCC(C%15)N%16)nc(OCC%15%16CCCN%15CCC%16)nc%14n%13)cccc%10%12)CC%11)nc9n8)cccc57)CC6)nc4c3)c12. The number of rotatable bonds is 17. The highest BCUT2D eigenvalue weighted by Crippen LogP contribution is 2.54. The number of pyridine rings is 2. The first-order chi connectivity index (χ1) is 57.4. The summed E-state index contributed by atoms with van der Waals surface area (Å²) in [6.45, 7) is 17.9. The molecule has 22 heteroatoms. The normalized spacial score (nSPS) is 27.3. The maximum atomic E-state index is 7.20. The van der Waals surface area contributed by atoms with Crippen molar-refractivity contribution in [2.45, 2.75) is 201 Å². The molecule has 117 heavy (non-hydrogen) atoms. The van der Waals surface area contributed by atoms with Gasteiger partial charge in [0.1, 0.15) is 37.0 Å². The van der Waals surface area contributed by atoms with Gasteiger partial charge in [-0.1, -0.05) is 97.1 Å². The topological polar surface area (TPSA) is 212 Å². The molecule has 6 bridgehead atoms. The van der Waals surface area contributed by atoms with Crippen molar-refractivity contribution in [3.05, 3.63) is 155 Å². The summed E-state index contributed by atoms with van der Waals surface area (Å²) in [5, 5.41) is 20.8. The maximum absolute atomic E-state index is 7.20. The van der Waals surface area contributed by atoms with E-state index in [2.05, 4.69) is 181 Å². The molecule has 0 saturated carbocycles. The Kier molecular flexibility index (Phi) is 16.9. The van der Waals surface area contributed by atoms with Gasteiger partial charge in [0.15, 0.2) is 22.9 Å². The minimum atomic E-state index is -0.196. The molecule has 0 aliphatic carbocycles. The fraction of sp³-hybridized carbons (Fsp3) is 0.474. The van der Waals surface area contributed by atoms with E-state index in [9.17, 15) is 0 Å². The molecule has 12 fully saturated rings. The Balaban J connectivity index is 0.518. The highest BCUT2D eigenvalue weighted by molar-refractivity contribution is 6.04. The molecule has 6 aromatic carbocycles. The predicted octanol–water partition coefficient (Wildman–Crippen LogP) is 14.8. The van der Waals surface area contributed by atoms with E-state index in [1.807, 2.05) is 12.4 Å². The third-order valence-corrected chi connectivity index (χ3v) is 30.2. The molecule has 24 rings (SSSR count). The van der Waals surface area contributed by atoms with Crippen LogP contribution in [0.1, 0.15) is 155 Å². The second kappa shape index (κ2) is 27.8. The molecule has 10 unspecified atom stereocenters. The molecule has 0 amide bonds. The van der Waals surface area contributed by atoms with Crippen LogP contribution in [0.3, 0.4) is 0 Å². The Bertz CT molecular complexity index is 5970. The summed E-state index contributed by atoms with van der Waals surface area (Å²) in [7, 11) is 0. The zero-order valence-electron chi connectivity index (χ0n) is 67.5. The van der Waals surface area contributed by atoms with Crippen LogP contribution in [0, 0.1) is 20.8 Å². The number of fused-ring (bicyclic) bond motifs is 15. The molecule has 12 aromatic rings. The van der Waals surface area contributed by atoms with Crippen LogP contribution >= 0.6 is 0 Å². The van der Waals surface area contributed by atoms with Crippen molar-refractivity contribution in [3.63, 3.8) is 0 Å². The molecule has 0 radical (unpaired) electrons. The summed E-state index contributed by atoms with van der Waals surface area (Å²) < 4.78 is 21.0. The first-order valence-corrected chi connectivity index (χ1v) is 44.1. The average Bonchev–Trinajstić information content (AvgIpc) is 1.64. The van der Waals surface area contributed by atoms with Crippen molar-refractivity contribution >= 4 is 82.9 Å². The summed E-state index contributed by atoms with van der Waals surface area (Å²) in [5.74, 6) is 3.33. The van der Waals surface area contributed by atoms with Crippen LogP contribution in [0.4, 0.5) is 17.5 Å². The summed E-state index contributed by atoms with van der Waals surface area (Å²) in [6, 6.07) is 47.0. The van der Waals surface area contributed by atoms with E-state index in [1.165, 1.54) is 98.7 Å². The molecule has 18 heterocycles. The molecule has 3 N–H and O–H groups in total. The Labute approximate surface area is 682 Å². The maximum Gasteiger partial charge on any atom is 0.320 e. The Morgan fingerprint density at radius 1 is 0.393 bits per heavy atom. The lowest BCUT2D eigenvalue weighted by atomic mass is 9.90. The van der Waals surface area contributed by atoms with Gasteiger partial charge in [0.05, 0.1) is 38.6 Å². The van der Waals surface area contributed by atoms with Gasteiger partial charge in [-0.05, 0) is 246 Å². The van der Waals surface area contributed by atoms with E-state index in [0.717, 1.165) is 210 Å². The first kappa shape index (κ1) is 71.2. The molecule has 12 saturated heterocycles. The second-order valence-electron chi connectivity index (χ2n) is 37.0. The van der Waals surface area contributed by atoms with Gasteiger partial charge in [-0.2, -0.15) is 29.9 Å². The monoisotopic (exact) mass is 1560 g/mol. The summed E-state index contributed by atoms with van der Waals surface area (Å²) in [4.78, 5) is 68.9. The van der Waals surface area contributed by atoms with E-state index in [0.29, 0.717) is 91.2 Å². The van der Waals surface area contributed by atoms with Gasteiger partial charge >= 0.3 is 18.0 Å². The van der Waals surface area contributed by atoms with Crippen LogP contribution < -0.4 is 44.9 Å². The van der Waals surface area contributed by atoms with Crippen LogP contribution in [0.2, 0.25) is 0 Å². The van der Waals surface area contributed by atoms with Gasteiger partial charge in [0.2, 0.25) is 0 Å². The Morgan fingerprint density at radius 3 is 1.49 bits per heavy atom. The number of hydrogen-bond acceptors (Lipinski definition) is 22. The van der Waals surface area contributed by atoms with Gasteiger partial charge in [-0.3, -0.25) is 19.7 Å². The molecule has 10 atom stereocenters. The molecule has 22 nitrogen and oxygen atoms in total. The highest BCUT2D eigenvalue weighted by Gasteiger charge is 2.53. The van der Waals surface area contributed by atoms with Gasteiger partial charge in [-0.25, -0.2) is 15.0 Å². The number of anilines is 3. The minimum Gasteiger partial charge on any atom is -0.461 e. The molecular formula is C95H103N19O3. The van der Waals surface area contributed by atoms with E-state index in [4.69, 9.17) is 64.1 Å². The zero-order valence-corrected chi connectivity index (χ0v) is 67.5. The first-order valence-electron chi connectivity index (χ1n) is 44.1. The van der Waals surface area contributed by atoms with Crippen LogP contribution in [0.5, 0.6) is 18.0 Å². The molecule has 12 aliphatic heterocycles. The third kappa shape index (κ3) is 11.9. The smallest absolute Gasteiger partial charge is 0.320 e. The largest absolute Gasteiger partial charge is 0.461 e. The number of benzene rings is 6. The minimum absolute atomic E-state index is 0.0689. The zero-order chi connectivity index (χ0) is 77.4. The number of ether oxygens (including phenoxy) is 3. The van der Waals surface area contributed by atoms with Gasteiger partial charge < -0.3 is 44.9 Å². The van der Waals surface area contributed by atoms with Crippen LogP contribution in [0.25, 0.3) is 99.2 Å². The summed E-state index contributed by atoms with van der Waals surface area (Å²) in [5.41, 5.74) is 14.2. The van der Waals surface area contributed by atoms with Crippen LogP contribution in [-0.2, 0) is 0 Å². The van der Waals surface area contributed by atoms with Crippen molar-refractivity contribution in [2.24, 2.45) is 0 Å². The summed E-state index contributed by atoms with van der Waals surface area (Å²) >= 11 is 0. The van der Waals surface area contributed by atoms with E-state index in [1.54, 1.807) is 0 Å². The lowest BCUT2D eigenvalue weighted by Crippen LogP contribution is -2.51. The highest BCUT2D eigenvalue weighted by atomic mass is 16.5. The molecule has 6 aromatic heterocycles. The van der Waals surface area contributed by atoms with E-state index >= 15 is 0 Å². The molecular weight excluding hydrogens is 1460 g/mol. The number of aryl methyl sites for hydroxylation is 3. The Hall–Kier alpha value is -9.94. The van der Waals surface area contributed by atoms with E-state index < -0.39 is 0 Å². The van der Waals surface area contributed by atoms with Crippen LogP contribution in [-0.4, -0.2) is 203 Å². The fourth-order valence-electron chi connectivity index (χ4n) is 24.7. The van der Waals surface area contributed by atoms with Gasteiger partial charge in [-0.15, -0.1) is 0 Å². The van der Waals surface area contributed by atoms with Crippen molar-refractivity contribution in [1.29, 1.82) is 0 Å². The number of aromatic nitrogens is 10. The number of nitrogens with one attached hydrogen (secondary N) is 3. The van der Waals surface area contributed by atoms with E-state index in [-0.39, 0.29) is 28.7 Å². The molecule has 596 valence electrons. The van der Waals surface area contributed by atoms with Crippen molar-refractivity contribution in [1.82, 2.24) is 80.5 Å². The summed E-state index contributed by atoms with van der Waals surface area (Å²) in [6.07, 6.45) is 24.1. The standard InChI is InChI=1S/C95H103N19O3/c1-56-12-4-13-59-14-5-15-67(80(56)59)60-44-77-83(96-45-60)89(111-51-65-26-27-66(52-111)100-65)108-90(102-77)116-54-94-36-10-42-113(94)78(32-38-94)68-28-20-57(2)81-70(68)16-6-18-72(81)76-31-30-74-85(101-76)104-91(106-87(74)109-47-61-22-23-62(48-109)98-61)117-55-95-37-11-43-114(95)79(33-39-95)69-29-21-58(3)82-71(69)17-7-19-73(82)84-97-46-75-86(103-84)105-92(115-53-93-34-8-40-112(93)41-9-35-93)107-88(75)110-49-63-24-25-64(50-110)99-63/h4-7,12-21,28-31,44-46,61-66,78-79,98-100H,8-11,22-27,32-43,47-55H2,1-3H3. The number of piperazine rings is 3. The number of hydrogen-bond donors (Lipinski definition) is 3. The van der Waals surface area contributed by atoms with Crippen LogP contribution in [0.15, 0.2) is 128 Å². The predicted molar refractivity (Wildman–Crippen MR) is 460 cm³/mol. The Morgan fingerprint density at radius 2 is 0.880 bits per heavy atom. The lowest BCUT2D eigenvalue weighted by Gasteiger charge is -2.36. The van der Waals surface area contributed by atoms with Crippen molar-refractivity contribution < 1.29 is 14.2 Å². The third-order valence-electron chi connectivity index (χ3n) is 30.2. The molecule has 12 aliphatic rings. The number of nitrogens with zero attached hydrogens (tertiary/aromatic N) is 16. The quantitative estimate of drug-likeness (QED) is 0.0773. The molecule has 0 spiro atoms. The second-order valence-corrected chi connectivity index (χ2v) is 37.0. The van der Waals surface area contributed by atoms with Gasteiger partial charge in [0.25, 0.3) is 0 Å². The lowest BCUT2D eigenvalue weighted by molar-refractivity contribution is 0.0849. The van der Waals surface area contributed by atoms with Crippen molar-refractivity contribution in [3.8, 4) is 51.8 Å². The fourth-order valence-corrected chi connectivity index (χ4v) is 24.7. The van der Waals surface area contributed by atoms with Gasteiger partial charge in [0, 0.05) is 117 Å².